The van der Waals surface area contributed by atoms with Crippen molar-refractivity contribution in [3.8, 4) is 11.5 Å². The van der Waals surface area contributed by atoms with Gasteiger partial charge >= 0.3 is 0 Å². The van der Waals surface area contributed by atoms with E-state index in [4.69, 9.17) is 21.1 Å². The van der Waals surface area contributed by atoms with Gasteiger partial charge in [-0.05, 0) is 80.1 Å². The molecule has 10 heteroatoms. The topological polar surface area (TPSA) is 84.9 Å². The highest BCUT2D eigenvalue weighted by molar-refractivity contribution is 7.94. The highest BCUT2D eigenvalue weighted by Gasteiger charge is 2.33. The van der Waals surface area contributed by atoms with Gasteiger partial charge in [-0.25, -0.2) is 8.42 Å². The van der Waals surface area contributed by atoms with Crippen molar-refractivity contribution in [2.75, 3.05) is 23.3 Å². The minimum atomic E-state index is -3.79. The first kappa shape index (κ1) is 25.9. The molecule has 2 aromatic carbocycles. The highest BCUT2D eigenvalue weighted by Crippen LogP contribution is 2.39. The second-order valence-corrected chi connectivity index (χ2v) is 13.1. The SMILES string of the molecule is COc1ccc(C2CC(=O)N(c3cccc(NS(=O)(=O)c4cc(C)c(Cl)s4)c3)C2)cc1OC1CCCC1. The first-order valence-electron chi connectivity index (χ1n) is 12.3. The van der Waals surface area contributed by atoms with Crippen molar-refractivity contribution in [1.82, 2.24) is 0 Å². The monoisotopic (exact) mass is 560 g/mol. The van der Waals surface area contributed by atoms with E-state index in [-0.39, 0.29) is 22.1 Å². The van der Waals surface area contributed by atoms with Crippen LogP contribution in [0.2, 0.25) is 4.34 Å². The van der Waals surface area contributed by atoms with Gasteiger partial charge in [0, 0.05) is 24.6 Å². The molecule has 0 bridgehead atoms. The molecule has 2 fully saturated rings. The third-order valence-corrected chi connectivity index (χ3v) is 10.3. The van der Waals surface area contributed by atoms with E-state index in [9.17, 15) is 13.2 Å². The van der Waals surface area contributed by atoms with E-state index in [1.54, 1.807) is 43.2 Å². The quantitative estimate of drug-likeness (QED) is 0.346. The molecule has 0 radical (unpaired) electrons. The number of nitrogens with one attached hydrogen (secondary N) is 1. The summed E-state index contributed by atoms with van der Waals surface area (Å²) >= 11 is 7.08. The van der Waals surface area contributed by atoms with Crippen molar-refractivity contribution in [2.45, 2.75) is 55.3 Å². The summed E-state index contributed by atoms with van der Waals surface area (Å²) in [6.45, 7) is 2.25. The van der Waals surface area contributed by atoms with Crippen LogP contribution in [0.25, 0.3) is 0 Å². The lowest BCUT2D eigenvalue weighted by atomic mass is 9.98. The van der Waals surface area contributed by atoms with Crippen LogP contribution < -0.4 is 19.1 Å². The van der Waals surface area contributed by atoms with Gasteiger partial charge in [0.25, 0.3) is 10.0 Å². The highest BCUT2D eigenvalue weighted by atomic mass is 35.5. The molecule has 5 rings (SSSR count). The number of hydrogen-bond acceptors (Lipinski definition) is 6. The molecular weight excluding hydrogens is 532 g/mol. The minimum Gasteiger partial charge on any atom is -0.493 e. The number of benzene rings is 2. The molecule has 7 nitrogen and oxygen atoms in total. The van der Waals surface area contributed by atoms with Crippen molar-refractivity contribution >= 4 is 50.2 Å². The molecule has 2 aliphatic rings. The van der Waals surface area contributed by atoms with Crippen LogP contribution in [0.1, 0.15) is 49.1 Å². The number of sulfonamides is 1. The smallest absolute Gasteiger partial charge is 0.271 e. The van der Waals surface area contributed by atoms with Gasteiger partial charge in [-0.1, -0.05) is 23.7 Å². The van der Waals surface area contributed by atoms with Crippen molar-refractivity contribution in [2.24, 2.45) is 0 Å². The molecule has 1 unspecified atom stereocenters. The Balaban J connectivity index is 1.33. The number of aryl methyl sites for hydroxylation is 1. The van der Waals surface area contributed by atoms with Crippen LogP contribution in [0.5, 0.6) is 11.5 Å². The largest absolute Gasteiger partial charge is 0.493 e. The van der Waals surface area contributed by atoms with Crippen LogP contribution in [0, 0.1) is 6.92 Å². The Hall–Kier alpha value is -2.75. The lowest BCUT2D eigenvalue weighted by molar-refractivity contribution is -0.117. The molecule has 1 amide bonds. The molecule has 1 atom stereocenters. The molecule has 196 valence electrons. The Morgan fingerprint density at radius 1 is 1.08 bits per heavy atom. The summed E-state index contributed by atoms with van der Waals surface area (Å²) in [5, 5.41) is 0. The van der Waals surface area contributed by atoms with Gasteiger partial charge in [-0.3, -0.25) is 9.52 Å². The second-order valence-electron chi connectivity index (χ2n) is 9.52. The molecule has 1 aromatic heterocycles. The zero-order valence-corrected chi connectivity index (χ0v) is 23.1. The molecule has 1 aliphatic heterocycles. The number of thiophene rings is 1. The molecule has 3 aromatic rings. The zero-order chi connectivity index (χ0) is 26.2. The van der Waals surface area contributed by atoms with Crippen LogP contribution in [-0.4, -0.2) is 34.1 Å². The first-order chi connectivity index (χ1) is 17.7. The lowest BCUT2D eigenvalue weighted by Gasteiger charge is -2.20. The number of amides is 1. The minimum absolute atomic E-state index is 0.0130. The average molecular weight is 561 g/mol. The second kappa shape index (κ2) is 10.6. The Kier molecular flexibility index (Phi) is 7.38. The van der Waals surface area contributed by atoms with Crippen LogP contribution >= 0.6 is 22.9 Å². The summed E-state index contributed by atoms with van der Waals surface area (Å²) < 4.78 is 40.6. The predicted molar refractivity (Wildman–Crippen MR) is 147 cm³/mol. The maximum atomic E-state index is 13.0. The van der Waals surface area contributed by atoms with Crippen molar-refractivity contribution in [3.63, 3.8) is 0 Å². The fourth-order valence-corrected chi connectivity index (χ4v) is 7.67. The number of nitrogens with zero attached hydrogens (tertiary/aromatic N) is 1. The number of halogens is 1. The van der Waals surface area contributed by atoms with Crippen LogP contribution in [0.4, 0.5) is 11.4 Å². The van der Waals surface area contributed by atoms with Gasteiger partial charge in [0.1, 0.15) is 4.21 Å². The third-order valence-electron chi connectivity index (χ3n) is 6.89. The number of carbonyl (C=O) groups excluding carboxylic acids is 1. The number of anilines is 2. The number of carbonyl (C=O) groups is 1. The maximum absolute atomic E-state index is 13.0. The Morgan fingerprint density at radius 2 is 1.86 bits per heavy atom. The van der Waals surface area contributed by atoms with Crippen LogP contribution in [-0.2, 0) is 14.8 Å². The summed E-state index contributed by atoms with van der Waals surface area (Å²) in [5.41, 5.74) is 2.76. The van der Waals surface area contributed by atoms with E-state index in [1.165, 1.54) is 12.8 Å². The number of ether oxygens (including phenoxy) is 2. The van der Waals surface area contributed by atoms with E-state index in [2.05, 4.69) is 4.72 Å². The van der Waals surface area contributed by atoms with E-state index in [0.29, 0.717) is 40.0 Å². The lowest BCUT2D eigenvalue weighted by Crippen LogP contribution is -2.24. The van der Waals surface area contributed by atoms with Gasteiger partial charge in [0.05, 0.1) is 23.2 Å². The van der Waals surface area contributed by atoms with Gasteiger partial charge < -0.3 is 14.4 Å². The summed E-state index contributed by atoms with van der Waals surface area (Å²) in [7, 11) is -2.16. The fraction of sp³-hybridized carbons (Fsp3) is 0.370. The maximum Gasteiger partial charge on any atom is 0.271 e. The van der Waals surface area contributed by atoms with E-state index in [0.717, 1.165) is 35.5 Å². The van der Waals surface area contributed by atoms with E-state index in [1.807, 2.05) is 24.3 Å². The zero-order valence-electron chi connectivity index (χ0n) is 20.7. The van der Waals surface area contributed by atoms with E-state index < -0.39 is 10.0 Å². The molecule has 1 N–H and O–H groups in total. The average Bonchev–Trinajstić information content (AvgIpc) is 3.60. The number of hydrogen-bond donors (Lipinski definition) is 1. The molecule has 0 spiro atoms. The normalized spacial score (nSPS) is 18.4. The predicted octanol–water partition coefficient (Wildman–Crippen LogP) is 6.36. The van der Waals surface area contributed by atoms with Crippen molar-refractivity contribution in [1.29, 1.82) is 0 Å². The summed E-state index contributed by atoms with van der Waals surface area (Å²) in [6.07, 6.45) is 5.00. The van der Waals surface area contributed by atoms with E-state index >= 15 is 0 Å². The van der Waals surface area contributed by atoms with Crippen LogP contribution in [0.3, 0.4) is 0 Å². The third kappa shape index (κ3) is 5.58. The van der Waals surface area contributed by atoms with Gasteiger partial charge in [-0.15, -0.1) is 11.3 Å². The number of rotatable bonds is 8. The fourth-order valence-electron chi connectivity index (χ4n) is 4.91. The first-order valence-corrected chi connectivity index (χ1v) is 14.9. The molecule has 1 aliphatic carbocycles. The Morgan fingerprint density at radius 3 is 2.57 bits per heavy atom. The van der Waals surface area contributed by atoms with Crippen LogP contribution in [0.15, 0.2) is 52.7 Å². The Bertz CT molecular complexity index is 1400. The Labute approximate surface area is 226 Å². The van der Waals surface area contributed by atoms with Crippen molar-refractivity contribution < 1.29 is 22.7 Å². The summed E-state index contributed by atoms with van der Waals surface area (Å²) in [6, 6.07) is 14.3. The molecule has 2 heterocycles. The van der Waals surface area contributed by atoms with Gasteiger partial charge in [-0.2, -0.15) is 0 Å². The van der Waals surface area contributed by atoms with Gasteiger partial charge in [0.2, 0.25) is 5.91 Å². The summed E-state index contributed by atoms with van der Waals surface area (Å²) in [5.74, 6) is 1.39. The standard InChI is InChI=1S/C27H29ClN2O5S2/c1-17-12-26(36-27(17)28)37(32,33)29-20-6-5-7-21(15-20)30-16-19(14-25(30)31)18-10-11-23(34-2)24(13-18)35-22-8-3-4-9-22/h5-7,10-13,15,19,22,29H,3-4,8-9,14,16H2,1-2H3. The molecule has 1 saturated carbocycles. The molecule has 1 saturated heterocycles. The molecular formula is C27H29ClN2O5S2. The number of methoxy groups -OCH3 is 1. The summed E-state index contributed by atoms with van der Waals surface area (Å²) in [4.78, 5) is 14.7. The van der Waals surface area contributed by atoms with Crippen molar-refractivity contribution in [3.05, 3.63) is 64.0 Å². The molecule has 37 heavy (non-hydrogen) atoms. The van der Waals surface area contributed by atoms with Gasteiger partial charge in [0.15, 0.2) is 11.5 Å².